The van der Waals surface area contributed by atoms with Gasteiger partial charge in [-0.05, 0) is 30.0 Å². The molecular weight excluding hydrogens is 254 g/mol. The summed E-state index contributed by atoms with van der Waals surface area (Å²) in [4.78, 5) is 0. The van der Waals surface area contributed by atoms with E-state index in [2.05, 4.69) is 86.8 Å². The quantitative estimate of drug-likeness (QED) is 0.722. The van der Waals surface area contributed by atoms with E-state index < -0.39 is 0 Å². The lowest BCUT2D eigenvalue weighted by molar-refractivity contribution is 0.459. The molecule has 0 aromatic heterocycles. The van der Waals surface area contributed by atoms with Gasteiger partial charge in [-0.25, -0.2) is 0 Å². The van der Waals surface area contributed by atoms with Gasteiger partial charge in [0.2, 0.25) is 0 Å². The van der Waals surface area contributed by atoms with Gasteiger partial charge in [0, 0.05) is 12.0 Å². The first-order valence-electron chi connectivity index (χ1n) is 7.91. The molecule has 112 valence electrons. The summed E-state index contributed by atoms with van der Waals surface area (Å²) >= 11 is 0. The zero-order chi connectivity index (χ0) is 15.1. The topological polar surface area (TPSA) is 12.0 Å². The average molecular weight is 281 g/mol. The molecule has 0 fully saturated rings. The lowest BCUT2D eigenvalue weighted by atomic mass is 9.84. The fraction of sp³-hybridized carbons (Fsp3) is 0.400. The van der Waals surface area contributed by atoms with Gasteiger partial charge in [-0.15, -0.1) is 0 Å². The van der Waals surface area contributed by atoms with E-state index in [4.69, 9.17) is 0 Å². The largest absolute Gasteiger partial charge is 0.316 e. The molecule has 0 spiro atoms. The van der Waals surface area contributed by atoms with Crippen LogP contribution in [0.4, 0.5) is 0 Å². The maximum Gasteiger partial charge on any atom is 0.00431 e. The van der Waals surface area contributed by atoms with Gasteiger partial charge in [-0.1, -0.05) is 81.4 Å². The second-order valence-corrected chi connectivity index (χ2v) is 6.53. The summed E-state index contributed by atoms with van der Waals surface area (Å²) in [5.74, 6) is 0.610. The first-order chi connectivity index (χ1) is 10.1. The van der Waals surface area contributed by atoms with Crippen LogP contribution in [0.5, 0.6) is 0 Å². The number of hydrogen-bond donors (Lipinski definition) is 1. The molecule has 0 amide bonds. The van der Waals surface area contributed by atoms with E-state index in [0.29, 0.717) is 5.92 Å². The third-order valence-corrected chi connectivity index (χ3v) is 4.24. The molecule has 1 atom stereocenters. The highest BCUT2D eigenvalue weighted by Crippen LogP contribution is 2.22. The normalized spacial score (nSPS) is 13.1. The van der Waals surface area contributed by atoms with Crippen molar-refractivity contribution < 1.29 is 0 Å². The molecule has 0 aliphatic heterocycles. The molecule has 0 aliphatic carbocycles. The lowest BCUT2D eigenvalue weighted by Crippen LogP contribution is -2.33. The summed E-state index contributed by atoms with van der Waals surface area (Å²) in [5, 5.41) is 3.62. The minimum absolute atomic E-state index is 0.178. The highest BCUT2D eigenvalue weighted by molar-refractivity contribution is 5.24. The zero-order valence-corrected chi connectivity index (χ0v) is 13.5. The van der Waals surface area contributed by atoms with Gasteiger partial charge in [-0.2, -0.15) is 0 Å². The number of benzene rings is 2. The Morgan fingerprint density at radius 3 is 2.10 bits per heavy atom. The van der Waals surface area contributed by atoms with E-state index >= 15 is 0 Å². The minimum atomic E-state index is 0.178. The smallest absolute Gasteiger partial charge is 0.00431 e. The molecule has 21 heavy (non-hydrogen) atoms. The van der Waals surface area contributed by atoms with Crippen LogP contribution in [0.15, 0.2) is 60.7 Å². The summed E-state index contributed by atoms with van der Waals surface area (Å²) < 4.78 is 0. The molecule has 0 radical (unpaired) electrons. The van der Waals surface area contributed by atoms with E-state index in [9.17, 15) is 0 Å². The number of nitrogens with one attached hydrogen (secondary N) is 1. The van der Waals surface area contributed by atoms with E-state index in [0.717, 1.165) is 13.1 Å². The summed E-state index contributed by atoms with van der Waals surface area (Å²) in [6.07, 6.45) is 1.18. The Labute approximate surface area is 129 Å². The second-order valence-electron chi connectivity index (χ2n) is 6.53. The SMILES string of the molecule is CC(CCNCC(C)(C)c1ccccc1)c1ccccc1. The van der Waals surface area contributed by atoms with Crippen LogP contribution in [-0.2, 0) is 5.41 Å². The predicted molar refractivity (Wildman–Crippen MR) is 91.8 cm³/mol. The summed E-state index contributed by atoms with van der Waals surface area (Å²) in [7, 11) is 0. The monoisotopic (exact) mass is 281 g/mol. The molecule has 1 N–H and O–H groups in total. The molecule has 0 heterocycles. The Kier molecular flexibility index (Phi) is 5.58. The van der Waals surface area contributed by atoms with Crippen LogP contribution in [0.25, 0.3) is 0 Å². The van der Waals surface area contributed by atoms with E-state index in [1.807, 2.05) is 0 Å². The van der Waals surface area contributed by atoms with Crippen LogP contribution >= 0.6 is 0 Å². The third kappa shape index (κ3) is 4.71. The van der Waals surface area contributed by atoms with Crippen LogP contribution < -0.4 is 5.32 Å². The highest BCUT2D eigenvalue weighted by atomic mass is 14.9. The molecule has 1 heteroatoms. The van der Waals surface area contributed by atoms with Crippen molar-refractivity contribution in [2.24, 2.45) is 0 Å². The lowest BCUT2D eigenvalue weighted by Gasteiger charge is -2.26. The van der Waals surface area contributed by atoms with Gasteiger partial charge in [0.05, 0.1) is 0 Å². The molecule has 0 aliphatic rings. The average Bonchev–Trinajstić information content (AvgIpc) is 2.53. The maximum atomic E-state index is 3.62. The molecule has 1 unspecified atom stereocenters. The van der Waals surface area contributed by atoms with E-state index in [1.54, 1.807) is 0 Å². The van der Waals surface area contributed by atoms with Gasteiger partial charge in [0.15, 0.2) is 0 Å². The van der Waals surface area contributed by atoms with Crippen molar-refractivity contribution >= 4 is 0 Å². The summed E-state index contributed by atoms with van der Waals surface area (Å²) in [5.41, 5.74) is 3.01. The van der Waals surface area contributed by atoms with Crippen LogP contribution in [-0.4, -0.2) is 13.1 Å². The Morgan fingerprint density at radius 2 is 1.48 bits per heavy atom. The zero-order valence-electron chi connectivity index (χ0n) is 13.5. The van der Waals surface area contributed by atoms with E-state index in [-0.39, 0.29) is 5.41 Å². The van der Waals surface area contributed by atoms with Crippen LogP contribution in [0.3, 0.4) is 0 Å². The van der Waals surface area contributed by atoms with E-state index in [1.165, 1.54) is 17.5 Å². The van der Waals surface area contributed by atoms with Crippen molar-refractivity contribution in [3.63, 3.8) is 0 Å². The fourth-order valence-electron chi connectivity index (χ4n) is 2.66. The van der Waals surface area contributed by atoms with Crippen molar-refractivity contribution in [3.8, 4) is 0 Å². The standard InChI is InChI=1S/C20H27N/c1-17(18-10-6-4-7-11-18)14-15-21-16-20(2,3)19-12-8-5-9-13-19/h4-13,17,21H,14-16H2,1-3H3. The fourth-order valence-corrected chi connectivity index (χ4v) is 2.66. The molecule has 2 aromatic carbocycles. The van der Waals surface area contributed by atoms with Crippen LogP contribution in [0, 0.1) is 0 Å². The van der Waals surface area contributed by atoms with Gasteiger partial charge in [0.1, 0.15) is 0 Å². The molecule has 2 rings (SSSR count). The Hall–Kier alpha value is -1.60. The van der Waals surface area contributed by atoms with Gasteiger partial charge < -0.3 is 5.32 Å². The van der Waals surface area contributed by atoms with Crippen LogP contribution in [0.1, 0.15) is 44.2 Å². The molecule has 2 aromatic rings. The summed E-state index contributed by atoms with van der Waals surface area (Å²) in [6.45, 7) is 8.98. The molecule has 0 saturated carbocycles. The second kappa shape index (κ2) is 7.42. The van der Waals surface area contributed by atoms with Crippen molar-refractivity contribution in [2.45, 2.75) is 38.5 Å². The predicted octanol–water partition coefficient (Wildman–Crippen LogP) is 4.75. The third-order valence-electron chi connectivity index (χ3n) is 4.24. The highest BCUT2D eigenvalue weighted by Gasteiger charge is 2.19. The maximum absolute atomic E-state index is 3.62. The summed E-state index contributed by atoms with van der Waals surface area (Å²) in [6, 6.07) is 21.5. The molecular formula is C20H27N. The van der Waals surface area contributed by atoms with Gasteiger partial charge in [-0.3, -0.25) is 0 Å². The Bertz CT molecular complexity index is 516. The number of hydrogen-bond acceptors (Lipinski definition) is 1. The van der Waals surface area contributed by atoms with Crippen molar-refractivity contribution in [1.29, 1.82) is 0 Å². The molecule has 0 saturated heterocycles. The molecule has 1 nitrogen and oxygen atoms in total. The van der Waals surface area contributed by atoms with Crippen LogP contribution in [0.2, 0.25) is 0 Å². The Morgan fingerprint density at radius 1 is 0.905 bits per heavy atom. The van der Waals surface area contributed by atoms with Gasteiger partial charge in [0.25, 0.3) is 0 Å². The Balaban J connectivity index is 1.77. The number of rotatable bonds is 7. The van der Waals surface area contributed by atoms with Crippen molar-refractivity contribution in [3.05, 3.63) is 71.8 Å². The molecule has 0 bridgehead atoms. The minimum Gasteiger partial charge on any atom is -0.316 e. The first kappa shape index (κ1) is 15.8. The van der Waals surface area contributed by atoms with Gasteiger partial charge >= 0.3 is 0 Å². The van der Waals surface area contributed by atoms with Crippen molar-refractivity contribution in [1.82, 2.24) is 5.32 Å². The van der Waals surface area contributed by atoms with Crippen molar-refractivity contribution in [2.75, 3.05) is 13.1 Å². The first-order valence-corrected chi connectivity index (χ1v) is 7.91.